The third-order valence-electron chi connectivity index (χ3n) is 4.00. The Morgan fingerprint density at radius 3 is 2.71 bits per heavy atom. The molecule has 0 radical (unpaired) electrons. The lowest BCUT2D eigenvalue weighted by molar-refractivity contribution is -0.122. The average molecular weight is 240 g/mol. The maximum Gasteiger partial charge on any atom is 0.237 e. The van der Waals surface area contributed by atoms with Gasteiger partial charge in [-0.2, -0.15) is 0 Å². The summed E-state index contributed by atoms with van der Waals surface area (Å²) < 4.78 is 0. The second-order valence-electron chi connectivity index (χ2n) is 5.42. The molecule has 1 amide bonds. The number of carbonyl (C=O) groups is 1. The molecule has 4 heteroatoms. The third kappa shape index (κ3) is 3.96. The van der Waals surface area contributed by atoms with E-state index in [2.05, 4.69) is 10.6 Å². The van der Waals surface area contributed by atoms with E-state index < -0.39 is 0 Å². The second kappa shape index (κ2) is 6.36. The summed E-state index contributed by atoms with van der Waals surface area (Å²) in [5.74, 6) is 0.799. The van der Waals surface area contributed by atoms with Gasteiger partial charge in [0.25, 0.3) is 0 Å². The van der Waals surface area contributed by atoms with Crippen molar-refractivity contribution in [3.8, 4) is 0 Å². The molecular formula is C13H24N2O2. The maximum absolute atomic E-state index is 11.7. The predicted octanol–water partition coefficient (Wildman–Crippen LogP) is 0.796. The fraction of sp³-hybridized carbons (Fsp3) is 0.923. The van der Waals surface area contributed by atoms with Crippen molar-refractivity contribution < 1.29 is 9.90 Å². The standard InChI is InChI=1S/C13H24N2O2/c16-11-6-4-10(5-7-11)9-15-12-3-1-2-8-14-13(12)17/h10-12,15-16H,1-9H2,(H,14,17). The molecule has 2 rings (SSSR count). The van der Waals surface area contributed by atoms with E-state index in [-0.39, 0.29) is 18.1 Å². The van der Waals surface area contributed by atoms with Crippen molar-refractivity contribution in [2.75, 3.05) is 13.1 Å². The molecule has 17 heavy (non-hydrogen) atoms. The zero-order valence-electron chi connectivity index (χ0n) is 10.5. The minimum absolute atomic E-state index is 0.00403. The molecule has 4 nitrogen and oxygen atoms in total. The van der Waals surface area contributed by atoms with Crippen LogP contribution in [0, 0.1) is 5.92 Å². The molecule has 0 bridgehead atoms. The van der Waals surface area contributed by atoms with Gasteiger partial charge in [0.2, 0.25) is 5.91 Å². The summed E-state index contributed by atoms with van der Waals surface area (Å²) in [6.07, 6.45) is 7.10. The zero-order valence-corrected chi connectivity index (χ0v) is 10.5. The molecule has 0 aromatic heterocycles. The van der Waals surface area contributed by atoms with Gasteiger partial charge in [-0.05, 0) is 57.4 Å². The van der Waals surface area contributed by atoms with Gasteiger partial charge in [0.05, 0.1) is 12.1 Å². The van der Waals surface area contributed by atoms with Gasteiger partial charge in [-0.3, -0.25) is 4.79 Å². The van der Waals surface area contributed by atoms with Crippen molar-refractivity contribution in [3.63, 3.8) is 0 Å². The highest BCUT2D eigenvalue weighted by Gasteiger charge is 2.23. The van der Waals surface area contributed by atoms with Gasteiger partial charge in [0, 0.05) is 6.54 Å². The minimum atomic E-state index is -0.0903. The normalized spacial score (nSPS) is 35.1. The van der Waals surface area contributed by atoms with Crippen LogP contribution in [0.4, 0.5) is 0 Å². The number of rotatable bonds is 3. The molecule has 98 valence electrons. The highest BCUT2D eigenvalue weighted by atomic mass is 16.3. The molecule has 0 aromatic carbocycles. The number of nitrogens with one attached hydrogen (secondary N) is 2. The third-order valence-corrected chi connectivity index (χ3v) is 4.00. The second-order valence-corrected chi connectivity index (χ2v) is 5.42. The highest BCUT2D eigenvalue weighted by Crippen LogP contribution is 2.23. The molecular weight excluding hydrogens is 216 g/mol. The van der Waals surface area contributed by atoms with Crippen LogP contribution in [0.3, 0.4) is 0 Å². The van der Waals surface area contributed by atoms with Crippen molar-refractivity contribution in [1.82, 2.24) is 10.6 Å². The van der Waals surface area contributed by atoms with Crippen molar-refractivity contribution in [2.45, 2.75) is 57.1 Å². The maximum atomic E-state index is 11.7. The highest BCUT2D eigenvalue weighted by molar-refractivity contribution is 5.81. The van der Waals surface area contributed by atoms with Crippen molar-refractivity contribution >= 4 is 5.91 Å². The minimum Gasteiger partial charge on any atom is -0.393 e. The van der Waals surface area contributed by atoms with Gasteiger partial charge in [-0.15, -0.1) is 0 Å². The van der Waals surface area contributed by atoms with Gasteiger partial charge in [0.15, 0.2) is 0 Å². The van der Waals surface area contributed by atoms with E-state index in [0.29, 0.717) is 5.92 Å². The summed E-state index contributed by atoms with van der Waals surface area (Å²) in [6.45, 7) is 1.75. The Bertz CT molecular complexity index is 250. The van der Waals surface area contributed by atoms with Crippen LogP contribution in [-0.2, 0) is 4.79 Å². The fourth-order valence-corrected chi connectivity index (χ4v) is 2.79. The van der Waals surface area contributed by atoms with Crippen LogP contribution in [0.5, 0.6) is 0 Å². The van der Waals surface area contributed by atoms with Crippen molar-refractivity contribution in [3.05, 3.63) is 0 Å². The molecule has 1 saturated heterocycles. The summed E-state index contributed by atoms with van der Waals surface area (Å²) in [4.78, 5) is 11.7. The predicted molar refractivity (Wildman–Crippen MR) is 66.6 cm³/mol. The van der Waals surface area contributed by atoms with E-state index in [1.807, 2.05) is 0 Å². The lowest BCUT2D eigenvalue weighted by Crippen LogP contribution is -2.44. The lowest BCUT2D eigenvalue weighted by Gasteiger charge is -2.27. The molecule has 1 heterocycles. The summed E-state index contributed by atoms with van der Waals surface area (Å²) in [6, 6.07) is 0.00403. The van der Waals surface area contributed by atoms with Crippen LogP contribution in [0.25, 0.3) is 0 Å². The average Bonchev–Trinajstić information content (AvgIpc) is 2.54. The molecule has 2 fully saturated rings. The zero-order chi connectivity index (χ0) is 12.1. The summed E-state index contributed by atoms with van der Waals surface area (Å²) in [5.41, 5.74) is 0. The molecule has 0 aromatic rings. The SMILES string of the molecule is O=C1NCCCCC1NCC1CCC(O)CC1. The lowest BCUT2D eigenvalue weighted by atomic mass is 9.87. The van der Waals surface area contributed by atoms with Gasteiger partial charge < -0.3 is 15.7 Å². The Labute approximate surface area is 103 Å². The van der Waals surface area contributed by atoms with Crippen LogP contribution < -0.4 is 10.6 Å². The Morgan fingerprint density at radius 2 is 1.94 bits per heavy atom. The number of aliphatic hydroxyl groups is 1. The molecule has 3 N–H and O–H groups in total. The molecule has 1 aliphatic carbocycles. The molecule has 1 saturated carbocycles. The molecule has 0 spiro atoms. The van der Waals surface area contributed by atoms with Gasteiger partial charge in [-0.25, -0.2) is 0 Å². The smallest absolute Gasteiger partial charge is 0.237 e. The fourth-order valence-electron chi connectivity index (χ4n) is 2.79. The van der Waals surface area contributed by atoms with E-state index in [0.717, 1.165) is 58.0 Å². The number of amides is 1. The van der Waals surface area contributed by atoms with Crippen LogP contribution in [-0.4, -0.2) is 36.2 Å². The number of carbonyl (C=O) groups excluding carboxylic acids is 1. The summed E-state index contributed by atoms with van der Waals surface area (Å²) in [5, 5.41) is 15.8. The Morgan fingerprint density at radius 1 is 1.18 bits per heavy atom. The van der Waals surface area contributed by atoms with E-state index >= 15 is 0 Å². The monoisotopic (exact) mass is 240 g/mol. The van der Waals surface area contributed by atoms with Crippen LogP contribution in [0.2, 0.25) is 0 Å². The van der Waals surface area contributed by atoms with Crippen molar-refractivity contribution in [2.24, 2.45) is 5.92 Å². The number of hydrogen-bond donors (Lipinski definition) is 3. The van der Waals surface area contributed by atoms with Crippen LogP contribution in [0.1, 0.15) is 44.9 Å². The van der Waals surface area contributed by atoms with Crippen LogP contribution >= 0.6 is 0 Å². The van der Waals surface area contributed by atoms with Crippen molar-refractivity contribution in [1.29, 1.82) is 0 Å². The first-order valence-corrected chi connectivity index (χ1v) is 6.95. The Balaban J connectivity index is 1.71. The summed E-state index contributed by atoms with van der Waals surface area (Å²) >= 11 is 0. The Hall–Kier alpha value is -0.610. The first-order valence-electron chi connectivity index (χ1n) is 6.95. The number of aliphatic hydroxyl groups excluding tert-OH is 1. The quantitative estimate of drug-likeness (QED) is 0.683. The van der Waals surface area contributed by atoms with Gasteiger partial charge >= 0.3 is 0 Å². The molecule has 1 unspecified atom stereocenters. The molecule has 1 atom stereocenters. The Kier molecular flexibility index (Phi) is 4.80. The van der Waals surface area contributed by atoms with E-state index in [1.54, 1.807) is 0 Å². The summed E-state index contributed by atoms with van der Waals surface area (Å²) in [7, 11) is 0. The van der Waals surface area contributed by atoms with Gasteiger partial charge in [-0.1, -0.05) is 0 Å². The molecule has 2 aliphatic rings. The molecule has 1 aliphatic heterocycles. The van der Waals surface area contributed by atoms with E-state index in [1.165, 1.54) is 0 Å². The van der Waals surface area contributed by atoms with Crippen LogP contribution in [0.15, 0.2) is 0 Å². The number of hydrogen-bond acceptors (Lipinski definition) is 3. The topological polar surface area (TPSA) is 61.4 Å². The van der Waals surface area contributed by atoms with E-state index in [4.69, 9.17) is 0 Å². The largest absolute Gasteiger partial charge is 0.393 e. The first-order chi connectivity index (χ1) is 8.25. The van der Waals surface area contributed by atoms with E-state index in [9.17, 15) is 9.90 Å². The first kappa shape index (κ1) is 12.8. The van der Waals surface area contributed by atoms with Gasteiger partial charge in [0.1, 0.15) is 0 Å².